The molecule has 6 atom stereocenters. The van der Waals surface area contributed by atoms with Crippen LogP contribution in [0.2, 0.25) is 0 Å². The molecule has 45 heavy (non-hydrogen) atoms. The maximum absolute atomic E-state index is 13.9. The minimum atomic E-state index is -1.26. The SMILES string of the molecule is CC(C)C[C@H]1NC(=O)[C@@H](C(C)C)NC(=O)[C@H](C(C)C)OC(=O)[C@H](CC(C)C)N(C)C(=O)C(C(C)C)NC(=O)[C@H](C(C)C)OC1=O. The molecular formula is C33H58N4O8. The van der Waals surface area contributed by atoms with Crippen LogP contribution in [0, 0.1) is 35.5 Å². The molecular weight excluding hydrogens is 580 g/mol. The van der Waals surface area contributed by atoms with E-state index in [0.717, 1.165) is 0 Å². The van der Waals surface area contributed by atoms with Crippen molar-refractivity contribution in [1.82, 2.24) is 20.9 Å². The van der Waals surface area contributed by atoms with Gasteiger partial charge in [-0.25, -0.2) is 9.59 Å². The van der Waals surface area contributed by atoms with E-state index in [2.05, 4.69) is 16.0 Å². The fraction of sp³-hybridized carbons (Fsp3) is 0.818. The van der Waals surface area contributed by atoms with Gasteiger partial charge >= 0.3 is 11.9 Å². The number of hydrogen-bond donors (Lipinski definition) is 3. The van der Waals surface area contributed by atoms with Crippen LogP contribution >= 0.6 is 0 Å². The van der Waals surface area contributed by atoms with E-state index in [-0.39, 0.29) is 30.6 Å². The van der Waals surface area contributed by atoms with E-state index >= 15 is 0 Å². The van der Waals surface area contributed by atoms with Crippen LogP contribution in [0.3, 0.4) is 0 Å². The zero-order valence-corrected chi connectivity index (χ0v) is 29.6. The van der Waals surface area contributed by atoms with Gasteiger partial charge in [-0.1, -0.05) is 83.1 Å². The molecule has 12 heteroatoms. The number of carbonyl (C=O) groups excluding carboxylic acids is 6. The normalized spacial score (nSPS) is 27.0. The average molecular weight is 639 g/mol. The Hall–Kier alpha value is -3.18. The van der Waals surface area contributed by atoms with Gasteiger partial charge in [0.2, 0.25) is 11.8 Å². The first-order chi connectivity index (χ1) is 20.7. The van der Waals surface area contributed by atoms with Crippen LogP contribution in [-0.4, -0.2) is 83.9 Å². The van der Waals surface area contributed by atoms with Crippen molar-refractivity contribution >= 4 is 35.6 Å². The van der Waals surface area contributed by atoms with E-state index in [9.17, 15) is 28.8 Å². The van der Waals surface area contributed by atoms with Crippen molar-refractivity contribution in [2.24, 2.45) is 35.5 Å². The van der Waals surface area contributed by atoms with Gasteiger partial charge in [0.25, 0.3) is 11.8 Å². The smallest absolute Gasteiger partial charge is 0.329 e. The lowest BCUT2D eigenvalue weighted by Gasteiger charge is -2.35. The second-order valence-electron chi connectivity index (χ2n) is 14.4. The van der Waals surface area contributed by atoms with Crippen LogP contribution < -0.4 is 16.0 Å². The zero-order valence-electron chi connectivity index (χ0n) is 29.6. The van der Waals surface area contributed by atoms with Gasteiger partial charge in [-0.2, -0.15) is 0 Å². The average Bonchev–Trinajstić information content (AvgIpc) is 2.91. The molecule has 1 aliphatic rings. The lowest BCUT2D eigenvalue weighted by Crippen LogP contribution is -2.59. The highest BCUT2D eigenvalue weighted by Gasteiger charge is 2.41. The first kappa shape index (κ1) is 39.8. The lowest BCUT2D eigenvalue weighted by molar-refractivity contribution is -0.167. The van der Waals surface area contributed by atoms with Crippen molar-refractivity contribution in [3.63, 3.8) is 0 Å². The van der Waals surface area contributed by atoms with Gasteiger partial charge < -0.3 is 30.3 Å². The Morgan fingerprint density at radius 3 is 1.38 bits per heavy atom. The summed E-state index contributed by atoms with van der Waals surface area (Å²) in [6, 6.07) is -4.27. The Balaban J connectivity index is 3.79. The van der Waals surface area contributed by atoms with Crippen molar-refractivity contribution in [2.75, 3.05) is 7.05 Å². The summed E-state index contributed by atoms with van der Waals surface area (Å²) < 4.78 is 11.5. The minimum absolute atomic E-state index is 0.0217. The number of rotatable bonds is 8. The molecule has 0 aromatic carbocycles. The van der Waals surface area contributed by atoms with E-state index < -0.39 is 89.7 Å². The summed E-state index contributed by atoms with van der Waals surface area (Å²) in [6.45, 7) is 21.4. The molecule has 0 aromatic rings. The van der Waals surface area contributed by atoms with Crippen molar-refractivity contribution in [2.45, 2.75) is 132 Å². The molecule has 0 spiro atoms. The molecule has 1 aliphatic heterocycles. The molecule has 0 radical (unpaired) electrons. The summed E-state index contributed by atoms with van der Waals surface area (Å²) in [5, 5.41) is 8.19. The number of cyclic esters (lactones) is 2. The Morgan fingerprint density at radius 2 is 0.978 bits per heavy atom. The Bertz CT molecular complexity index is 1060. The number of amides is 4. The largest absolute Gasteiger partial charge is 0.450 e. The monoisotopic (exact) mass is 638 g/mol. The van der Waals surface area contributed by atoms with Crippen LogP contribution in [0.5, 0.6) is 0 Å². The number of hydrogen-bond acceptors (Lipinski definition) is 8. The Kier molecular flexibility index (Phi) is 15.5. The number of nitrogens with one attached hydrogen (secondary N) is 3. The molecule has 1 fully saturated rings. The summed E-state index contributed by atoms with van der Waals surface area (Å²) >= 11 is 0. The van der Waals surface area contributed by atoms with Gasteiger partial charge in [-0.3, -0.25) is 19.2 Å². The van der Waals surface area contributed by atoms with Gasteiger partial charge in [0, 0.05) is 7.05 Å². The molecule has 1 heterocycles. The minimum Gasteiger partial charge on any atom is -0.450 e. The predicted molar refractivity (Wildman–Crippen MR) is 170 cm³/mol. The van der Waals surface area contributed by atoms with Crippen LogP contribution in [0.1, 0.15) is 95.9 Å². The molecule has 0 bridgehead atoms. The number of nitrogens with zero attached hydrogens (tertiary/aromatic N) is 1. The van der Waals surface area contributed by atoms with E-state index in [0.29, 0.717) is 0 Å². The van der Waals surface area contributed by atoms with Crippen molar-refractivity contribution < 1.29 is 38.2 Å². The topological polar surface area (TPSA) is 160 Å². The summed E-state index contributed by atoms with van der Waals surface area (Å²) in [5.74, 6) is -5.77. The van der Waals surface area contributed by atoms with E-state index in [4.69, 9.17) is 9.47 Å². The molecule has 4 amide bonds. The molecule has 0 aromatic heterocycles. The van der Waals surface area contributed by atoms with Gasteiger partial charge in [0.05, 0.1) is 0 Å². The second kappa shape index (κ2) is 17.5. The third kappa shape index (κ3) is 11.6. The Morgan fingerprint density at radius 1 is 0.556 bits per heavy atom. The first-order valence-corrected chi connectivity index (χ1v) is 16.3. The first-order valence-electron chi connectivity index (χ1n) is 16.3. The maximum atomic E-state index is 13.9. The summed E-state index contributed by atoms with van der Waals surface area (Å²) in [5.41, 5.74) is 0. The fourth-order valence-corrected chi connectivity index (χ4v) is 5.09. The lowest BCUT2D eigenvalue weighted by atomic mass is 9.97. The van der Waals surface area contributed by atoms with E-state index in [1.54, 1.807) is 55.4 Å². The third-order valence-electron chi connectivity index (χ3n) is 7.78. The quantitative estimate of drug-likeness (QED) is 0.342. The highest BCUT2D eigenvalue weighted by molar-refractivity contribution is 5.95. The Labute approximate surface area is 269 Å². The molecule has 1 rings (SSSR count). The van der Waals surface area contributed by atoms with Gasteiger partial charge in [0.15, 0.2) is 12.2 Å². The number of likely N-dealkylation sites (N-methyl/N-ethyl adjacent to an activating group) is 1. The number of ether oxygens (including phenoxy) is 2. The van der Waals surface area contributed by atoms with Crippen LogP contribution in [-0.2, 0) is 38.2 Å². The van der Waals surface area contributed by atoms with Crippen molar-refractivity contribution in [3.8, 4) is 0 Å². The van der Waals surface area contributed by atoms with Crippen LogP contribution in [0.15, 0.2) is 0 Å². The van der Waals surface area contributed by atoms with Gasteiger partial charge in [-0.15, -0.1) is 0 Å². The van der Waals surface area contributed by atoms with Gasteiger partial charge in [0.1, 0.15) is 24.2 Å². The number of carbonyl (C=O) groups is 6. The van der Waals surface area contributed by atoms with Gasteiger partial charge in [-0.05, 0) is 48.3 Å². The van der Waals surface area contributed by atoms with Crippen LogP contribution in [0.25, 0.3) is 0 Å². The van der Waals surface area contributed by atoms with Crippen LogP contribution in [0.4, 0.5) is 0 Å². The molecule has 3 N–H and O–H groups in total. The highest BCUT2D eigenvalue weighted by Crippen LogP contribution is 2.20. The van der Waals surface area contributed by atoms with E-state index in [1.165, 1.54) is 11.9 Å². The third-order valence-corrected chi connectivity index (χ3v) is 7.78. The highest BCUT2D eigenvalue weighted by atomic mass is 16.6. The molecule has 12 nitrogen and oxygen atoms in total. The molecule has 258 valence electrons. The molecule has 1 unspecified atom stereocenters. The predicted octanol–water partition coefficient (Wildman–Crippen LogP) is 2.82. The molecule has 1 saturated heterocycles. The van der Waals surface area contributed by atoms with Crippen molar-refractivity contribution in [3.05, 3.63) is 0 Å². The zero-order chi connectivity index (χ0) is 34.9. The second-order valence-corrected chi connectivity index (χ2v) is 14.4. The summed E-state index contributed by atoms with van der Waals surface area (Å²) in [6.07, 6.45) is -2.05. The van der Waals surface area contributed by atoms with E-state index in [1.807, 2.05) is 27.7 Å². The molecule has 0 aliphatic carbocycles. The fourth-order valence-electron chi connectivity index (χ4n) is 5.09. The maximum Gasteiger partial charge on any atom is 0.329 e. The number of esters is 2. The summed E-state index contributed by atoms with van der Waals surface area (Å²) in [4.78, 5) is 83.0. The van der Waals surface area contributed by atoms with Crippen molar-refractivity contribution in [1.29, 1.82) is 0 Å². The summed E-state index contributed by atoms with van der Waals surface area (Å²) in [7, 11) is 1.47. The standard InChI is InChI=1S/C33H58N4O8/c1-16(2)14-22-32(42)44-26(20(9)10)30(40)36-25(19(7)8)31(41)37(13)23(15-17(3)4)33(43)45-27(21(11)12)29(39)35-24(18(5)6)28(38)34-22/h16-27H,14-15H2,1-13H3,(H,34,38)(H,35,39)(H,36,40)/t22-,23+,24-,25?,26+,27+/m1/s1. The molecule has 0 saturated carbocycles.